The van der Waals surface area contributed by atoms with Gasteiger partial charge >= 0.3 is 0 Å². The number of anilines is 1. The van der Waals surface area contributed by atoms with Gasteiger partial charge in [-0.1, -0.05) is 42.6 Å². The van der Waals surface area contributed by atoms with Crippen LogP contribution < -0.4 is 4.72 Å². The van der Waals surface area contributed by atoms with E-state index < -0.39 is 10.0 Å². The summed E-state index contributed by atoms with van der Waals surface area (Å²) in [5.41, 5.74) is 0.857. The maximum absolute atomic E-state index is 12.3. The minimum Gasteiger partial charge on any atom is -0.280 e. The van der Waals surface area contributed by atoms with Crippen molar-refractivity contribution >= 4 is 39.0 Å². The van der Waals surface area contributed by atoms with Crippen LogP contribution in [0, 0.1) is 0 Å². The van der Waals surface area contributed by atoms with E-state index in [-0.39, 0.29) is 20.8 Å². The Balaban J connectivity index is 2.31. The van der Waals surface area contributed by atoms with Crippen LogP contribution in [-0.4, -0.2) is 18.6 Å². The van der Waals surface area contributed by atoms with E-state index in [1.165, 1.54) is 12.1 Å². The molecule has 0 atom stereocenters. The molecule has 2 N–H and O–H groups in total. The van der Waals surface area contributed by atoms with Gasteiger partial charge in [-0.2, -0.15) is 5.10 Å². The molecule has 20 heavy (non-hydrogen) atoms. The molecule has 0 amide bonds. The van der Waals surface area contributed by atoms with Crippen molar-refractivity contribution in [3.8, 4) is 0 Å². The Labute approximate surface area is 127 Å². The van der Waals surface area contributed by atoms with Gasteiger partial charge in [-0.25, -0.2) is 8.42 Å². The quantitative estimate of drug-likeness (QED) is 0.879. The van der Waals surface area contributed by atoms with Gasteiger partial charge in [0.15, 0.2) is 5.82 Å². The first-order valence-corrected chi connectivity index (χ1v) is 8.19. The second-order valence-electron chi connectivity index (χ2n) is 4.18. The summed E-state index contributed by atoms with van der Waals surface area (Å²) in [6, 6.07) is 6.16. The third kappa shape index (κ3) is 3.26. The second-order valence-corrected chi connectivity index (χ2v) is 6.62. The zero-order valence-corrected chi connectivity index (χ0v) is 13.0. The number of sulfonamides is 1. The Morgan fingerprint density at radius 3 is 2.55 bits per heavy atom. The van der Waals surface area contributed by atoms with Gasteiger partial charge in [-0.05, 0) is 18.6 Å². The van der Waals surface area contributed by atoms with Crippen LogP contribution in [0.5, 0.6) is 0 Å². The third-order valence-electron chi connectivity index (χ3n) is 2.58. The van der Waals surface area contributed by atoms with Crippen molar-refractivity contribution in [3.63, 3.8) is 0 Å². The monoisotopic (exact) mass is 333 g/mol. The van der Waals surface area contributed by atoms with Crippen LogP contribution in [0.3, 0.4) is 0 Å². The molecule has 0 bridgehead atoms. The number of hydrogen-bond donors (Lipinski definition) is 2. The Bertz CT molecular complexity index is 693. The van der Waals surface area contributed by atoms with Crippen LogP contribution in [0.25, 0.3) is 0 Å². The molecule has 1 heterocycles. The maximum atomic E-state index is 12.3. The van der Waals surface area contributed by atoms with Crippen LogP contribution in [0.1, 0.15) is 19.0 Å². The van der Waals surface area contributed by atoms with Crippen molar-refractivity contribution in [1.29, 1.82) is 0 Å². The third-order valence-corrected chi connectivity index (χ3v) is 4.89. The second kappa shape index (κ2) is 6.03. The molecule has 0 spiro atoms. The molecule has 0 aliphatic heterocycles. The van der Waals surface area contributed by atoms with Crippen LogP contribution >= 0.6 is 23.2 Å². The first-order chi connectivity index (χ1) is 9.44. The Morgan fingerprint density at radius 1 is 1.30 bits per heavy atom. The van der Waals surface area contributed by atoms with Crippen molar-refractivity contribution in [3.05, 3.63) is 40.0 Å². The van der Waals surface area contributed by atoms with Crippen molar-refractivity contribution in [2.24, 2.45) is 0 Å². The summed E-state index contributed by atoms with van der Waals surface area (Å²) in [7, 11) is -3.87. The fraction of sp³-hybridized carbons (Fsp3) is 0.250. The van der Waals surface area contributed by atoms with Crippen molar-refractivity contribution in [2.75, 3.05) is 4.72 Å². The number of aromatic nitrogens is 2. The molecule has 2 rings (SSSR count). The maximum Gasteiger partial charge on any atom is 0.266 e. The lowest BCUT2D eigenvalue weighted by atomic mass is 10.2. The van der Waals surface area contributed by atoms with Crippen LogP contribution in [-0.2, 0) is 16.4 Å². The summed E-state index contributed by atoms with van der Waals surface area (Å²) < 4.78 is 26.9. The number of rotatable bonds is 5. The van der Waals surface area contributed by atoms with Gasteiger partial charge in [0, 0.05) is 11.8 Å². The van der Waals surface area contributed by atoms with Gasteiger partial charge in [-0.15, -0.1) is 0 Å². The number of nitrogens with zero attached hydrogens (tertiary/aromatic N) is 1. The molecule has 2 aromatic rings. The smallest absolute Gasteiger partial charge is 0.266 e. The van der Waals surface area contributed by atoms with E-state index in [0.717, 1.165) is 18.5 Å². The highest BCUT2D eigenvalue weighted by atomic mass is 35.5. The highest BCUT2D eigenvalue weighted by molar-refractivity contribution is 7.93. The highest BCUT2D eigenvalue weighted by Gasteiger charge is 2.22. The van der Waals surface area contributed by atoms with E-state index in [4.69, 9.17) is 23.2 Å². The molecule has 0 radical (unpaired) electrons. The van der Waals surface area contributed by atoms with E-state index in [1.54, 1.807) is 12.1 Å². The van der Waals surface area contributed by atoms with E-state index in [1.807, 2.05) is 6.92 Å². The summed E-state index contributed by atoms with van der Waals surface area (Å²) in [5.74, 6) is 0.212. The number of H-pyrrole nitrogens is 1. The number of benzene rings is 1. The Kier molecular flexibility index (Phi) is 4.57. The molecular weight excluding hydrogens is 321 g/mol. The van der Waals surface area contributed by atoms with E-state index in [2.05, 4.69) is 14.9 Å². The lowest BCUT2D eigenvalue weighted by molar-refractivity contribution is 0.601. The molecule has 0 unspecified atom stereocenters. The topological polar surface area (TPSA) is 74.8 Å². The molecule has 1 aromatic carbocycles. The molecule has 5 nitrogen and oxygen atoms in total. The molecule has 0 saturated heterocycles. The summed E-state index contributed by atoms with van der Waals surface area (Å²) in [6.45, 7) is 2.02. The zero-order valence-electron chi connectivity index (χ0n) is 10.7. The van der Waals surface area contributed by atoms with E-state index >= 15 is 0 Å². The number of aryl methyl sites for hydroxylation is 1. The predicted octanol–water partition coefficient (Wildman–Crippen LogP) is 3.47. The number of hydrogen-bond acceptors (Lipinski definition) is 3. The first-order valence-electron chi connectivity index (χ1n) is 5.95. The predicted molar refractivity (Wildman–Crippen MR) is 79.9 cm³/mol. The molecule has 0 aliphatic carbocycles. The minimum absolute atomic E-state index is 0.0642. The molecule has 1 aromatic heterocycles. The summed E-state index contributed by atoms with van der Waals surface area (Å²) in [4.78, 5) is -0.150. The standard InChI is InChI=1S/C12H13Cl2N3O2S/c1-2-4-8-7-11(16-15-8)17-20(18,19)12-9(13)5-3-6-10(12)14/h3,5-7H,2,4H2,1H3,(H2,15,16,17). The van der Waals surface area contributed by atoms with Crippen molar-refractivity contribution in [1.82, 2.24) is 10.2 Å². The molecule has 0 saturated carbocycles. The molecule has 108 valence electrons. The van der Waals surface area contributed by atoms with Gasteiger partial charge in [0.2, 0.25) is 0 Å². The number of aromatic amines is 1. The first kappa shape index (κ1) is 15.2. The number of halogens is 2. The van der Waals surface area contributed by atoms with Crippen LogP contribution in [0.4, 0.5) is 5.82 Å². The van der Waals surface area contributed by atoms with Crippen LogP contribution in [0.2, 0.25) is 10.0 Å². The minimum atomic E-state index is -3.87. The lowest BCUT2D eigenvalue weighted by Gasteiger charge is -2.08. The highest BCUT2D eigenvalue weighted by Crippen LogP contribution is 2.30. The normalized spacial score (nSPS) is 11.6. The summed E-state index contributed by atoms with van der Waals surface area (Å²) in [5, 5.41) is 6.80. The lowest BCUT2D eigenvalue weighted by Crippen LogP contribution is -2.14. The molecular formula is C12H13Cl2N3O2S. The van der Waals surface area contributed by atoms with Gasteiger partial charge in [-0.3, -0.25) is 9.82 Å². The van der Waals surface area contributed by atoms with Crippen LogP contribution in [0.15, 0.2) is 29.2 Å². The Hall–Kier alpha value is -1.24. The fourth-order valence-electron chi connectivity index (χ4n) is 1.74. The zero-order chi connectivity index (χ0) is 14.8. The van der Waals surface area contributed by atoms with E-state index in [9.17, 15) is 8.42 Å². The average Bonchev–Trinajstić information content (AvgIpc) is 2.75. The molecule has 0 aliphatic rings. The van der Waals surface area contributed by atoms with Crippen molar-refractivity contribution in [2.45, 2.75) is 24.7 Å². The van der Waals surface area contributed by atoms with Gasteiger partial charge < -0.3 is 0 Å². The van der Waals surface area contributed by atoms with Gasteiger partial charge in [0.25, 0.3) is 10.0 Å². The largest absolute Gasteiger partial charge is 0.280 e. The van der Waals surface area contributed by atoms with Gasteiger partial charge in [0.1, 0.15) is 4.90 Å². The summed E-state index contributed by atoms with van der Waals surface area (Å²) >= 11 is 11.8. The number of nitrogens with one attached hydrogen (secondary N) is 2. The van der Waals surface area contributed by atoms with Crippen molar-refractivity contribution < 1.29 is 8.42 Å². The molecule has 0 fully saturated rings. The Morgan fingerprint density at radius 2 is 1.95 bits per heavy atom. The van der Waals surface area contributed by atoms with E-state index in [0.29, 0.717) is 0 Å². The van der Waals surface area contributed by atoms with Gasteiger partial charge in [0.05, 0.1) is 10.0 Å². The SMILES string of the molecule is CCCc1cc(NS(=O)(=O)c2c(Cl)cccc2Cl)n[nH]1. The fourth-order valence-corrected chi connectivity index (χ4v) is 3.88. The molecule has 8 heteroatoms. The summed E-state index contributed by atoms with van der Waals surface area (Å²) in [6.07, 6.45) is 1.73. The average molecular weight is 334 g/mol.